The van der Waals surface area contributed by atoms with E-state index in [0.717, 1.165) is 5.56 Å². The fraction of sp³-hybridized carbons (Fsp3) is 0.273. The van der Waals surface area contributed by atoms with Crippen LogP contribution in [0.3, 0.4) is 0 Å². The number of hydrogen-bond donors (Lipinski definition) is 4. The Kier molecular flexibility index (Phi) is 7.41. The smallest absolute Gasteiger partial charge is 0.268 e. The van der Waals surface area contributed by atoms with Gasteiger partial charge in [0.15, 0.2) is 0 Å². The number of nitriles is 1. The number of rotatable bonds is 8. The average molecular weight is 456 g/mol. The molecular formula is C22H23ClFN7O. The monoisotopic (exact) mass is 455 g/mol. The van der Waals surface area contributed by atoms with Crippen LogP contribution in [-0.4, -0.2) is 40.6 Å². The van der Waals surface area contributed by atoms with Crippen molar-refractivity contribution in [1.29, 1.82) is 5.26 Å². The Morgan fingerprint density at radius 2 is 2.19 bits per heavy atom. The van der Waals surface area contributed by atoms with E-state index in [0.29, 0.717) is 33.2 Å². The van der Waals surface area contributed by atoms with Crippen molar-refractivity contribution in [3.63, 3.8) is 0 Å². The molecule has 166 valence electrons. The van der Waals surface area contributed by atoms with Gasteiger partial charge in [-0.3, -0.25) is 4.79 Å². The molecule has 0 saturated carbocycles. The van der Waals surface area contributed by atoms with E-state index in [4.69, 9.17) is 17.3 Å². The normalized spacial score (nSPS) is 11.6. The van der Waals surface area contributed by atoms with Crippen LogP contribution in [0.5, 0.6) is 0 Å². The molecule has 0 radical (unpaired) electrons. The minimum absolute atomic E-state index is 0.0497. The summed E-state index contributed by atoms with van der Waals surface area (Å²) >= 11 is 6.07. The molecule has 0 saturated heterocycles. The fourth-order valence-electron chi connectivity index (χ4n) is 3.46. The highest BCUT2D eigenvalue weighted by molar-refractivity contribution is 6.30. The lowest BCUT2D eigenvalue weighted by Gasteiger charge is -2.17. The van der Waals surface area contributed by atoms with Crippen molar-refractivity contribution in [2.75, 3.05) is 25.1 Å². The number of nitrogens with two attached hydrogens (primary N) is 1. The minimum atomic E-state index is -0.583. The quantitative estimate of drug-likeness (QED) is 0.411. The summed E-state index contributed by atoms with van der Waals surface area (Å²) in [5.41, 5.74) is 9.51. The van der Waals surface area contributed by atoms with Crippen LogP contribution in [0.1, 0.15) is 38.9 Å². The first kappa shape index (κ1) is 23.2. The topological polar surface area (TPSA) is 133 Å². The van der Waals surface area contributed by atoms with E-state index in [-0.39, 0.29) is 30.5 Å². The molecule has 3 rings (SSSR count). The number of aryl methyl sites for hydroxylation is 1. The van der Waals surface area contributed by atoms with Crippen LogP contribution in [0.4, 0.5) is 10.3 Å². The van der Waals surface area contributed by atoms with E-state index >= 15 is 0 Å². The maximum absolute atomic E-state index is 13.1. The lowest BCUT2D eigenvalue weighted by atomic mass is 10.0. The Labute approximate surface area is 190 Å². The van der Waals surface area contributed by atoms with Crippen LogP contribution >= 0.6 is 11.6 Å². The van der Waals surface area contributed by atoms with E-state index in [2.05, 4.69) is 31.7 Å². The van der Waals surface area contributed by atoms with Crippen LogP contribution in [0, 0.1) is 25.2 Å². The number of alkyl halides is 1. The zero-order valence-corrected chi connectivity index (χ0v) is 18.4. The third kappa shape index (κ3) is 4.88. The van der Waals surface area contributed by atoms with Crippen molar-refractivity contribution >= 4 is 23.5 Å². The Morgan fingerprint density at radius 3 is 2.84 bits per heavy atom. The van der Waals surface area contributed by atoms with Crippen molar-refractivity contribution in [3.8, 4) is 17.3 Å². The van der Waals surface area contributed by atoms with Crippen LogP contribution in [0.2, 0.25) is 5.02 Å². The molecule has 0 aliphatic rings. The molecule has 10 heteroatoms. The van der Waals surface area contributed by atoms with Crippen molar-refractivity contribution in [3.05, 3.63) is 63.6 Å². The number of hydrogen-bond acceptors (Lipinski definition) is 6. The van der Waals surface area contributed by atoms with Gasteiger partial charge in [-0.1, -0.05) is 23.7 Å². The minimum Gasteiger partial charge on any atom is -0.354 e. The SMILES string of the molecule is Cc1[nH]c(C(=O)N[C@H](CN)c2cccc(Cl)c2)c(C)c1-c1nc(NCCF)ncc1C#N. The lowest BCUT2D eigenvalue weighted by molar-refractivity contribution is 0.0932. The third-order valence-corrected chi connectivity index (χ3v) is 5.22. The van der Waals surface area contributed by atoms with Crippen LogP contribution in [0.15, 0.2) is 30.5 Å². The van der Waals surface area contributed by atoms with E-state index < -0.39 is 12.7 Å². The summed E-state index contributed by atoms with van der Waals surface area (Å²) in [6.45, 7) is 3.21. The van der Waals surface area contributed by atoms with Crippen molar-refractivity contribution in [2.45, 2.75) is 19.9 Å². The zero-order chi connectivity index (χ0) is 23.3. The van der Waals surface area contributed by atoms with Crippen LogP contribution < -0.4 is 16.4 Å². The highest BCUT2D eigenvalue weighted by Gasteiger charge is 2.24. The number of nitrogens with one attached hydrogen (secondary N) is 3. The molecule has 1 amide bonds. The summed E-state index contributed by atoms with van der Waals surface area (Å²) in [4.78, 5) is 24.6. The van der Waals surface area contributed by atoms with Gasteiger partial charge in [0, 0.05) is 29.4 Å². The van der Waals surface area contributed by atoms with E-state index in [1.807, 2.05) is 6.07 Å². The first-order valence-corrected chi connectivity index (χ1v) is 10.3. The molecule has 8 nitrogen and oxygen atoms in total. The number of H-pyrrole nitrogens is 1. The van der Waals surface area contributed by atoms with Gasteiger partial charge in [-0.15, -0.1) is 0 Å². The molecule has 0 spiro atoms. The van der Waals surface area contributed by atoms with Crippen molar-refractivity contribution in [1.82, 2.24) is 20.3 Å². The predicted molar refractivity (Wildman–Crippen MR) is 121 cm³/mol. The third-order valence-electron chi connectivity index (χ3n) is 4.98. The highest BCUT2D eigenvalue weighted by atomic mass is 35.5. The summed E-state index contributed by atoms with van der Waals surface area (Å²) in [5, 5.41) is 15.8. The molecule has 32 heavy (non-hydrogen) atoms. The van der Waals surface area contributed by atoms with Gasteiger partial charge in [0.05, 0.1) is 23.5 Å². The molecule has 2 heterocycles. The molecular weight excluding hydrogens is 433 g/mol. The van der Waals surface area contributed by atoms with Crippen molar-refractivity contribution in [2.24, 2.45) is 5.73 Å². The van der Waals surface area contributed by atoms with E-state index in [1.54, 1.807) is 32.0 Å². The van der Waals surface area contributed by atoms with Gasteiger partial charge in [-0.05, 0) is 37.1 Å². The summed E-state index contributed by atoms with van der Waals surface area (Å²) in [5.74, 6) is -0.151. The number of halogens is 2. The summed E-state index contributed by atoms with van der Waals surface area (Å²) < 4.78 is 12.5. The molecule has 2 aromatic heterocycles. The lowest BCUT2D eigenvalue weighted by Crippen LogP contribution is -2.34. The van der Waals surface area contributed by atoms with E-state index in [9.17, 15) is 14.4 Å². The molecule has 0 aliphatic carbocycles. The second-order valence-electron chi connectivity index (χ2n) is 7.13. The molecule has 0 bridgehead atoms. The number of benzene rings is 1. The molecule has 5 N–H and O–H groups in total. The second-order valence-corrected chi connectivity index (χ2v) is 7.56. The van der Waals surface area contributed by atoms with Crippen molar-refractivity contribution < 1.29 is 9.18 Å². The second kappa shape index (κ2) is 10.2. The predicted octanol–water partition coefficient (Wildman–Crippen LogP) is 3.42. The Hall–Kier alpha value is -3.48. The Balaban J connectivity index is 1.95. The Bertz CT molecular complexity index is 1170. The van der Waals surface area contributed by atoms with Gasteiger partial charge in [-0.2, -0.15) is 5.26 Å². The molecule has 1 atom stereocenters. The maximum atomic E-state index is 13.1. The first-order valence-electron chi connectivity index (χ1n) is 9.92. The average Bonchev–Trinajstić information content (AvgIpc) is 3.09. The molecule has 0 fully saturated rings. The van der Waals surface area contributed by atoms with E-state index in [1.165, 1.54) is 6.20 Å². The fourth-order valence-corrected chi connectivity index (χ4v) is 3.66. The summed E-state index contributed by atoms with van der Waals surface area (Å²) in [6, 6.07) is 8.77. The van der Waals surface area contributed by atoms with Gasteiger partial charge in [0.25, 0.3) is 5.91 Å². The van der Waals surface area contributed by atoms with Gasteiger partial charge in [0.2, 0.25) is 5.95 Å². The number of aromatic amines is 1. The number of anilines is 1. The van der Waals surface area contributed by atoms with Gasteiger partial charge in [0.1, 0.15) is 18.4 Å². The van der Waals surface area contributed by atoms with Gasteiger partial charge in [-0.25, -0.2) is 14.4 Å². The van der Waals surface area contributed by atoms with Gasteiger partial charge < -0.3 is 21.4 Å². The summed E-state index contributed by atoms with van der Waals surface area (Å²) in [6.07, 6.45) is 1.37. The molecule has 0 unspecified atom stereocenters. The number of carbonyl (C=O) groups excluding carboxylic acids is 1. The molecule has 1 aromatic carbocycles. The Morgan fingerprint density at radius 1 is 1.41 bits per heavy atom. The number of aromatic nitrogens is 3. The summed E-state index contributed by atoms with van der Waals surface area (Å²) in [7, 11) is 0. The maximum Gasteiger partial charge on any atom is 0.268 e. The first-order chi connectivity index (χ1) is 15.4. The number of nitrogens with zero attached hydrogens (tertiary/aromatic N) is 3. The zero-order valence-electron chi connectivity index (χ0n) is 17.7. The largest absolute Gasteiger partial charge is 0.354 e. The molecule has 3 aromatic rings. The highest BCUT2D eigenvalue weighted by Crippen LogP contribution is 2.31. The van der Waals surface area contributed by atoms with Crippen LogP contribution in [-0.2, 0) is 0 Å². The number of amides is 1. The standard InChI is InChI=1S/C22H23ClFN7O/c1-12-18(20-15(9-25)11-28-22(31-20)27-7-6-24)13(2)29-19(12)21(32)30-17(10-26)14-4-3-5-16(23)8-14/h3-5,8,11,17,29H,6-7,10,26H2,1-2H3,(H,30,32)(H,27,28,31)/t17-/m1/s1. The van der Waals surface area contributed by atoms with Crippen LogP contribution in [0.25, 0.3) is 11.3 Å². The number of carbonyl (C=O) groups is 1. The van der Waals surface area contributed by atoms with Gasteiger partial charge >= 0.3 is 0 Å². The molecule has 0 aliphatic heterocycles.